The van der Waals surface area contributed by atoms with E-state index in [1.807, 2.05) is 13.8 Å². The number of rotatable bonds is 3. The largest absolute Gasteiger partial charge is 0.462 e. The average molecular weight is 517 g/mol. The maximum Gasteiger partial charge on any atom is 0.342 e. The number of ether oxygens (including phenoxy) is 1. The zero-order valence-electron chi connectivity index (χ0n) is 16.6. The third-order valence-corrected chi connectivity index (χ3v) is 7.30. The number of fused-ring (bicyclic) bond motifs is 1. The highest BCUT2D eigenvalue weighted by Crippen LogP contribution is 2.38. The lowest BCUT2D eigenvalue weighted by molar-refractivity contribution is 0.0528. The molecule has 4 aromatic rings. The van der Waals surface area contributed by atoms with Gasteiger partial charge in [0.05, 0.1) is 28.2 Å². The highest BCUT2D eigenvalue weighted by Gasteiger charge is 2.20. The highest BCUT2D eigenvalue weighted by atomic mass is 35.5. The predicted molar refractivity (Wildman–Crippen MR) is 128 cm³/mol. The van der Waals surface area contributed by atoms with Gasteiger partial charge < -0.3 is 10.5 Å². The minimum absolute atomic E-state index is 0.297. The third-order valence-electron chi connectivity index (χ3n) is 3.92. The molecule has 0 spiro atoms. The van der Waals surface area contributed by atoms with Crippen LogP contribution in [0.1, 0.15) is 27.0 Å². The number of aryl methyl sites for hydroxylation is 2. The maximum absolute atomic E-state index is 11.3. The molecule has 31 heavy (non-hydrogen) atoms. The first-order valence-electron chi connectivity index (χ1n) is 8.84. The van der Waals surface area contributed by atoms with Gasteiger partial charge in [-0.1, -0.05) is 34.8 Å². The lowest BCUT2D eigenvalue weighted by Crippen LogP contribution is -2.06. The predicted octanol–water partition coefficient (Wildman–Crippen LogP) is 6.23. The van der Waals surface area contributed by atoms with Gasteiger partial charge in [0.1, 0.15) is 26.2 Å². The Bertz CT molecular complexity index is 1240. The number of esters is 1. The second-order valence-electron chi connectivity index (χ2n) is 6.01. The smallest absolute Gasteiger partial charge is 0.342 e. The Morgan fingerprint density at radius 1 is 1.10 bits per heavy atom. The normalized spacial score (nSPS) is 10.6. The highest BCUT2D eigenvalue weighted by molar-refractivity contribution is 7.19. The number of hydrogen-bond acceptors (Lipinski definition) is 9. The molecule has 4 heterocycles. The number of halogens is 3. The van der Waals surface area contributed by atoms with Crippen molar-refractivity contribution in [1.29, 1.82) is 0 Å². The fraction of sp³-hybridized carbons (Fsp3) is 0.211. The number of nitrogen functional groups attached to an aromatic ring is 1. The van der Waals surface area contributed by atoms with E-state index in [-0.39, 0.29) is 0 Å². The van der Waals surface area contributed by atoms with Crippen LogP contribution in [0.4, 0.5) is 5.00 Å². The number of nitrogens with two attached hydrogens (primary N) is 1. The topological polar surface area (TPSA) is 104 Å². The van der Waals surface area contributed by atoms with E-state index < -0.39 is 5.97 Å². The van der Waals surface area contributed by atoms with Crippen molar-refractivity contribution in [1.82, 2.24) is 19.9 Å². The summed E-state index contributed by atoms with van der Waals surface area (Å²) in [7, 11) is 0. The Morgan fingerprint density at radius 3 is 2.39 bits per heavy atom. The van der Waals surface area contributed by atoms with Crippen molar-refractivity contribution in [3.8, 4) is 11.5 Å². The molecule has 0 atom stereocenters. The molecular weight excluding hydrogens is 501 g/mol. The molecule has 7 nitrogen and oxygen atoms in total. The maximum atomic E-state index is 11.3. The molecule has 4 rings (SSSR count). The van der Waals surface area contributed by atoms with Crippen molar-refractivity contribution in [3.63, 3.8) is 0 Å². The van der Waals surface area contributed by atoms with E-state index in [0.29, 0.717) is 49.3 Å². The Hall–Kier alpha value is -2.04. The molecular formula is C19H16Cl3N5O2S2. The summed E-state index contributed by atoms with van der Waals surface area (Å²) < 4.78 is 4.81. The third kappa shape index (κ3) is 5.07. The Kier molecular flexibility index (Phi) is 7.66. The fourth-order valence-electron chi connectivity index (χ4n) is 2.51. The second kappa shape index (κ2) is 10.1. The van der Waals surface area contributed by atoms with E-state index in [2.05, 4.69) is 19.9 Å². The first-order chi connectivity index (χ1) is 14.7. The van der Waals surface area contributed by atoms with Crippen molar-refractivity contribution < 1.29 is 9.53 Å². The van der Waals surface area contributed by atoms with E-state index in [9.17, 15) is 4.79 Å². The summed E-state index contributed by atoms with van der Waals surface area (Å²) in [5.41, 5.74) is 6.49. The zero-order valence-corrected chi connectivity index (χ0v) is 20.5. The molecule has 0 saturated heterocycles. The molecule has 12 heteroatoms. The summed E-state index contributed by atoms with van der Waals surface area (Å²) in [6.07, 6.45) is 4.78. The second-order valence-corrected chi connectivity index (χ2v) is 9.59. The van der Waals surface area contributed by atoms with E-state index in [4.69, 9.17) is 45.3 Å². The van der Waals surface area contributed by atoms with E-state index in [1.165, 1.54) is 22.7 Å². The van der Waals surface area contributed by atoms with Crippen LogP contribution >= 0.6 is 57.5 Å². The van der Waals surface area contributed by atoms with Crippen LogP contribution in [-0.2, 0) is 4.74 Å². The lowest BCUT2D eigenvalue weighted by Gasteiger charge is -2.00. The van der Waals surface area contributed by atoms with E-state index in [0.717, 1.165) is 14.6 Å². The SMILES string of the molecule is CCOC(=O)c1c(N)sc(C)c1Cl.Cc1sc2nc(-c3cnccn3)nc(Cl)c2c1Cl. The van der Waals surface area contributed by atoms with Crippen LogP contribution in [0.5, 0.6) is 0 Å². The van der Waals surface area contributed by atoms with Crippen molar-refractivity contribution in [2.75, 3.05) is 12.3 Å². The van der Waals surface area contributed by atoms with Crippen molar-refractivity contribution in [2.24, 2.45) is 0 Å². The van der Waals surface area contributed by atoms with Crippen LogP contribution in [0, 0.1) is 13.8 Å². The molecule has 0 fully saturated rings. The summed E-state index contributed by atoms with van der Waals surface area (Å²) in [6.45, 7) is 5.80. The summed E-state index contributed by atoms with van der Waals surface area (Å²) in [5.74, 6) is 0.00728. The van der Waals surface area contributed by atoms with Gasteiger partial charge in [-0.15, -0.1) is 22.7 Å². The van der Waals surface area contributed by atoms with Gasteiger partial charge in [0, 0.05) is 22.1 Å². The van der Waals surface area contributed by atoms with Gasteiger partial charge in [-0.25, -0.2) is 19.7 Å². The number of aromatic nitrogens is 4. The molecule has 2 N–H and O–H groups in total. The molecule has 0 bridgehead atoms. The molecule has 0 unspecified atom stereocenters. The summed E-state index contributed by atoms with van der Waals surface area (Å²) in [4.78, 5) is 30.7. The lowest BCUT2D eigenvalue weighted by atomic mass is 10.3. The minimum Gasteiger partial charge on any atom is -0.462 e. The first kappa shape index (κ1) is 23.6. The fourth-order valence-corrected chi connectivity index (χ4v) is 5.30. The Morgan fingerprint density at radius 2 is 1.81 bits per heavy atom. The van der Waals surface area contributed by atoms with Crippen LogP contribution in [0.25, 0.3) is 21.7 Å². The zero-order chi connectivity index (χ0) is 22.7. The number of hydrogen-bond donors (Lipinski definition) is 1. The molecule has 0 amide bonds. The first-order valence-corrected chi connectivity index (χ1v) is 11.6. The summed E-state index contributed by atoms with van der Waals surface area (Å²) >= 11 is 21.0. The van der Waals surface area contributed by atoms with Crippen molar-refractivity contribution in [2.45, 2.75) is 20.8 Å². The average Bonchev–Trinajstić information content (AvgIpc) is 3.17. The molecule has 4 aromatic heterocycles. The van der Waals surface area contributed by atoms with Crippen LogP contribution in [0.2, 0.25) is 15.2 Å². The van der Waals surface area contributed by atoms with E-state index in [1.54, 1.807) is 25.5 Å². The van der Waals surface area contributed by atoms with Gasteiger partial charge >= 0.3 is 5.97 Å². The molecule has 0 aromatic carbocycles. The van der Waals surface area contributed by atoms with Crippen LogP contribution < -0.4 is 5.73 Å². The van der Waals surface area contributed by atoms with Gasteiger partial charge in [-0.05, 0) is 20.8 Å². The molecule has 0 aliphatic heterocycles. The van der Waals surface area contributed by atoms with Crippen LogP contribution in [-0.4, -0.2) is 32.5 Å². The quantitative estimate of drug-likeness (QED) is 0.254. The van der Waals surface area contributed by atoms with Gasteiger partial charge in [0.2, 0.25) is 0 Å². The number of thiophene rings is 2. The van der Waals surface area contributed by atoms with Crippen molar-refractivity contribution >= 4 is 78.7 Å². The number of anilines is 1. The van der Waals surface area contributed by atoms with Crippen LogP contribution in [0.15, 0.2) is 18.6 Å². The van der Waals surface area contributed by atoms with Gasteiger partial charge in [-0.2, -0.15) is 0 Å². The molecule has 0 aliphatic rings. The van der Waals surface area contributed by atoms with E-state index >= 15 is 0 Å². The summed E-state index contributed by atoms with van der Waals surface area (Å²) in [5, 5.41) is 2.48. The van der Waals surface area contributed by atoms with Gasteiger partial charge in [0.15, 0.2) is 5.82 Å². The molecule has 0 saturated carbocycles. The minimum atomic E-state index is -0.450. The monoisotopic (exact) mass is 515 g/mol. The summed E-state index contributed by atoms with van der Waals surface area (Å²) in [6, 6.07) is 0. The molecule has 162 valence electrons. The number of nitrogens with zero attached hydrogens (tertiary/aromatic N) is 4. The van der Waals surface area contributed by atoms with Crippen molar-refractivity contribution in [3.05, 3.63) is 49.1 Å². The number of carbonyl (C=O) groups excluding carboxylic acids is 1. The standard InChI is InChI=1S/C11H6Cl2N4S.C8H10ClNO2S/c1-5-8(12)7-9(13)16-10(17-11(7)18-5)6-4-14-2-3-15-6;1-3-12-8(11)5-6(9)4(2)13-7(5)10/h2-4H,1H3;3,10H2,1-2H3. The number of carbonyl (C=O) groups is 1. The molecule has 0 radical (unpaired) electrons. The Balaban J connectivity index is 0.000000187. The molecule has 0 aliphatic carbocycles. The van der Waals surface area contributed by atoms with Gasteiger partial charge in [0.25, 0.3) is 0 Å². The van der Waals surface area contributed by atoms with Crippen LogP contribution in [0.3, 0.4) is 0 Å². The van der Waals surface area contributed by atoms with Gasteiger partial charge in [-0.3, -0.25) is 4.98 Å². The Labute approximate surface area is 201 Å².